The Labute approximate surface area is 212 Å². The highest BCUT2D eigenvalue weighted by molar-refractivity contribution is 5.99. The van der Waals surface area contributed by atoms with Crippen molar-refractivity contribution in [2.24, 2.45) is 0 Å². The van der Waals surface area contributed by atoms with E-state index in [9.17, 15) is 0 Å². The Morgan fingerprint density at radius 3 is 2.08 bits per heavy atom. The number of benzene rings is 5. The van der Waals surface area contributed by atoms with Crippen molar-refractivity contribution in [3.63, 3.8) is 0 Å². The van der Waals surface area contributed by atoms with Gasteiger partial charge in [-0.2, -0.15) is 0 Å². The van der Waals surface area contributed by atoms with Crippen molar-refractivity contribution >= 4 is 44.7 Å². The second kappa shape index (κ2) is 9.24. The Hall–Kier alpha value is -4.56. The number of rotatable bonds is 5. The number of para-hydroxylation sites is 1. The minimum Gasteiger partial charge on any atom is -0.355 e. The summed E-state index contributed by atoms with van der Waals surface area (Å²) in [5.41, 5.74) is 9.51. The third-order valence-corrected chi connectivity index (χ3v) is 6.90. The molecule has 6 aromatic rings. The van der Waals surface area contributed by atoms with Crippen LogP contribution >= 0.6 is 0 Å². The molecule has 0 saturated carbocycles. The second-order valence-corrected chi connectivity index (χ2v) is 9.28. The predicted octanol–water partition coefficient (Wildman–Crippen LogP) is 9.40. The van der Waals surface area contributed by atoms with E-state index in [4.69, 9.17) is 0 Å². The molecule has 0 unspecified atom stereocenters. The van der Waals surface area contributed by atoms with Crippen LogP contribution in [-0.2, 0) is 0 Å². The molecule has 36 heavy (non-hydrogen) atoms. The Kier molecular flexibility index (Phi) is 5.63. The maximum Gasteiger partial charge on any atom is 0.0539 e. The van der Waals surface area contributed by atoms with E-state index in [1.54, 1.807) is 0 Å². The van der Waals surface area contributed by atoms with Gasteiger partial charge in [-0.15, -0.1) is 0 Å². The molecular formula is C34H28N2. The molecule has 1 aromatic heterocycles. The molecule has 2 heteroatoms. The lowest BCUT2D eigenvalue weighted by Gasteiger charge is -2.10. The Bertz CT molecular complexity index is 1710. The molecule has 6 rings (SSSR count). The monoisotopic (exact) mass is 464 g/mol. The zero-order valence-electron chi connectivity index (χ0n) is 20.6. The highest BCUT2D eigenvalue weighted by atomic mass is 15.0. The summed E-state index contributed by atoms with van der Waals surface area (Å²) in [5, 5.41) is 7.35. The van der Waals surface area contributed by atoms with Crippen LogP contribution in [0.2, 0.25) is 0 Å². The van der Waals surface area contributed by atoms with E-state index < -0.39 is 0 Å². The summed E-state index contributed by atoms with van der Waals surface area (Å²) in [6, 6.07) is 42.9. The molecule has 0 fully saturated rings. The SMILES string of the molecule is C/C(=C\c1c(C)n(-c2ccccc2)c2ccc(Nc3ccc4ccccc4c3)cc12)c1ccccc1. The number of nitrogens with one attached hydrogen (secondary N) is 1. The first-order chi connectivity index (χ1) is 17.7. The molecule has 0 amide bonds. The molecule has 5 aromatic carbocycles. The smallest absolute Gasteiger partial charge is 0.0539 e. The van der Waals surface area contributed by atoms with Gasteiger partial charge in [0.25, 0.3) is 0 Å². The van der Waals surface area contributed by atoms with Crippen LogP contribution in [0, 0.1) is 6.92 Å². The molecule has 0 saturated heterocycles. The van der Waals surface area contributed by atoms with E-state index >= 15 is 0 Å². The van der Waals surface area contributed by atoms with Crippen LogP contribution in [-0.4, -0.2) is 4.57 Å². The number of nitrogens with zero attached hydrogens (tertiary/aromatic N) is 1. The van der Waals surface area contributed by atoms with Gasteiger partial charge in [-0.1, -0.05) is 78.9 Å². The average molecular weight is 465 g/mol. The van der Waals surface area contributed by atoms with Crippen LogP contribution in [0.3, 0.4) is 0 Å². The molecule has 0 aliphatic carbocycles. The van der Waals surface area contributed by atoms with Crippen molar-refractivity contribution in [1.29, 1.82) is 0 Å². The maximum atomic E-state index is 3.64. The number of hydrogen-bond donors (Lipinski definition) is 1. The molecule has 0 atom stereocenters. The van der Waals surface area contributed by atoms with Gasteiger partial charge in [-0.25, -0.2) is 0 Å². The van der Waals surface area contributed by atoms with Crippen LogP contribution in [0.15, 0.2) is 121 Å². The first-order valence-corrected chi connectivity index (χ1v) is 12.4. The molecule has 0 radical (unpaired) electrons. The van der Waals surface area contributed by atoms with Crippen molar-refractivity contribution in [1.82, 2.24) is 4.57 Å². The van der Waals surface area contributed by atoms with Crippen LogP contribution in [0.5, 0.6) is 0 Å². The van der Waals surface area contributed by atoms with Crippen molar-refractivity contribution in [3.8, 4) is 5.69 Å². The molecule has 0 aliphatic rings. The fourth-order valence-corrected chi connectivity index (χ4v) is 5.05. The number of aromatic nitrogens is 1. The summed E-state index contributed by atoms with van der Waals surface area (Å²) >= 11 is 0. The van der Waals surface area contributed by atoms with Gasteiger partial charge in [-0.3, -0.25) is 0 Å². The zero-order chi connectivity index (χ0) is 24.5. The molecule has 0 spiro atoms. The molecule has 2 nitrogen and oxygen atoms in total. The summed E-state index contributed by atoms with van der Waals surface area (Å²) in [5.74, 6) is 0. The molecule has 1 heterocycles. The van der Waals surface area contributed by atoms with Gasteiger partial charge in [0.05, 0.1) is 5.52 Å². The molecule has 0 bridgehead atoms. The van der Waals surface area contributed by atoms with Crippen molar-refractivity contribution in [2.45, 2.75) is 13.8 Å². The number of anilines is 2. The standard InChI is InChI=1S/C34H28N2/c1-24(26-11-5-3-6-12-26)21-32-25(2)36(31-15-7-4-8-16-31)34-20-19-30(23-33(32)34)35-29-18-17-27-13-9-10-14-28(27)22-29/h3-23,35H,1-2H3/b24-21+. The quantitative estimate of drug-likeness (QED) is 0.269. The number of fused-ring (bicyclic) bond motifs is 2. The minimum absolute atomic E-state index is 1.08. The minimum atomic E-state index is 1.08. The van der Waals surface area contributed by atoms with Gasteiger partial charge in [-0.05, 0) is 84.3 Å². The van der Waals surface area contributed by atoms with E-state index in [0.29, 0.717) is 0 Å². The first kappa shape index (κ1) is 21.9. The predicted molar refractivity (Wildman–Crippen MR) is 155 cm³/mol. The van der Waals surface area contributed by atoms with Gasteiger partial charge in [0.1, 0.15) is 0 Å². The van der Waals surface area contributed by atoms with Gasteiger partial charge in [0, 0.05) is 33.7 Å². The summed E-state index contributed by atoms with van der Waals surface area (Å²) in [4.78, 5) is 0. The van der Waals surface area contributed by atoms with Gasteiger partial charge in [0.15, 0.2) is 0 Å². The topological polar surface area (TPSA) is 17.0 Å². The van der Waals surface area contributed by atoms with Crippen molar-refractivity contribution in [2.75, 3.05) is 5.32 Å². The van der Waals surface area contributed by atoms with Crippen LogP contribution in [0.25, 0.3) is 39.0 Å². The van der Waals surface area contributed by atoms with Crippen LogP contribution < -0.4 is 5.32 Å². The summed E-state index contributed by atoms with van der Waals surface area (Å²) < 4.78 is 2.36. The normalized spacial score (nSPS) is 11.8. The lowest BCUT2D eigenvalue weighted by Crippen LogP contribution is -1.96. The van der Waals surface area contributed by atoms with E-state index in [-0.39, 0.29) is 0 Å². The molecular weight excluding hydrogens is 436 g/mol. The average Bonchev–Trinajstić information content (AvgIpc) is 3.20. The highest BCUT2D eigenvalue weighted by Gasteiger charge is 2.15. The third-order valence-electron chi connectivity index (χ3n) is 6.90. The summed E-state index contributed by atoms with van der Waals surface area (Å²) in [6.07, 6.45) is 2.33. The number of hydrogen-bond acceptors (Lipinski definition) is 1. The Morgan fingerprint density at radius 1 is 0.667 bits per heavy atom. The fourth-order valence-electron chi connectivity index (χ4n) is 5.05. The van der Waals surface area contributed by atoms with Crippen LogP contribution in [0.4, 0.5) is 11.4 Å². The van der Waals surface area contributed by atoms with Gasteiger partial charge in [0.2, 0.25) is 0 Å². The Balaban J connectivity index is 1.49. The Morgan fingerprint density at radius 2 is 1.31 bits per heavy atom. The van der Waals surface area contributed by atoms with Crippen LogP contribution in [0.1, 0.15) is 23.7 Å². The molecule has 1 N–H and O–H groups in total. The van der Waals surface area contributed by atoms with E-state index in [2.05, 4.69) is 151 Å². The first-order valence-electron chi connectivity index (χ1n) is 12.4. The molecule has 0 aliphatic heterocycles. The largest absolute Gasteiger partial charge is 0.355 e. The van der Waals surface area contributed by atoms with Gasteiger partial charge < -0.3 is 9.88 Å². The second-order valence-electron chi connectivity index (χ2n) is 9.28. The summed E-state index contributed by atoms with van der Waals surface area (Å²) in [7, 11) is 0. The van der Waals surface area contributed by atoms with E-state index in [0.717, 1.165) is 11.4 Å². The third kappa shape index (κ3) is 4.08. The number of allylic oxidation sites excluding steroid dienone is 1. The zero-order valence-corrected chi connectivity index (χ0v) is 20.6. The highest BCUT2D eigenvalue weighted by Crippen LogP contribution is 2.35. The van der Waals surface area contributed by atoms with E-state index in [1.807, 2.05) is 0 Å². The lowest BCUT2D eigenvalue weighted by molar-refractivity contribution is 1.05. The fraction of sp³-hybridized carbons (Fsp3) is 0.0588. The molecule has 174 valence electrons. The summed E-state index contributed by atoms with van der Waals surface area (Å²) in [6.45, 7) is 4.41. The van der Waals surface area contributed by atoms with Crippen molar-refractivity contribution in [3.05, 3.63) is 138 Å². The van der Waals surface area contributed by atoms with Crippen molar-refractivity contribution < 1.29 is 0 Å². The van der Waals surface area contributed by atoms with Gasteiger partial charge >= 0.3 is 0 Å². The lowest BCUT2D eigenvalue weighted by atomic mass is 10.0. The maximum absolute atomic E-state index is 3.64. The van der Waals surface area contributed by atoms with E-state index in [1.165, 1.54) is 49.8 Å².